The van der Waals surface area contributed by atoms with Crippen molar-refractivity contribution in [3.8, 4) is 5.75 Å². The van der Waals surface area contributed by atoms with Crippen LogP contribution in [0.5, 0.6) is 5.75 Å². The van der Waals surface area contributed by atoms with E-state index in [9.17, 15) is 18.0 Å². The molecular weight excluding hydrogens is 435 g/mol. The van der Waals surface area contributed by atoms with Gasteiger partial charge in [-0.15, -0.1) is 0 Å². The van der Waals surface area contributed by atoms with Gasteiger partial charge in [0.2, 0.25) is 0 Å². The number of para-hydroxylation sites is 1. The van der Waals surface area contributed by atoms with E-state index in [1.54, 1.807) is 0 Å². The van der Waals surface area contributed by atoms with Crippen LogP contribution in [0.2, 0.25) is 0 Å². The van der Waals surface area contributed by atoms with Gasteiger partial charge in [0.1, 0.15) is 0 Å². The Hall–Kier alpha value is -1.13. The molecule has 2 atom stereocenters. The number of carboxylic acids is 2. The third-order valence-electron chi connectivity index (χ3n) is 4.38. The number of ether oxygens (including phenoxy) is 1. The first-order chi connectivity index (χ1) is 14.5. The summed E-state index contributed by atoms with van der Waals surface area (Å²) < 4.78 is 35.0. The molecule has 0 aliphatic carbocycles. The molecule has 172 valence electrons. The smallest absolute Gasteiger partial charge is 0.325 e. The minimum atomic E-state index is -4.84. The summed E-state index contributed by atoms with van der Waals surface area (Å²) in [5.41, 5.74) is 1.39. The molecular formula is C21H33NaO8S. The molecule has 8 nitrogen and oxygen atoms in total. The number of carboxylic acid groups (broad SMARTS) is 2. The van der Waals surface area contributed by atoms with Crippen molar-refractivity contribution in [3.05, 3.63) is 29.8 Å². The van der Waals surface area contributed by atoms with Crippen LogP contribution in [0.15, 0.2) is 24.3 Å². The summed E-state index contributed by atoms with van der Waals surface area (Å²) in [5.74, 6) is -2.39. The maximum absolute atomic E-state index is 10.2. The van der Waals surface area contributed by atoms with Crippen molar-refractivity contribution in [3.63, 3.8) is 0 Å². The fraction of sp³-hybridized carbons (Fsp3) is 0.619. The van der Waals surface area contributed by atoms with Crippen molar-refractivity contribution in [2.75, 3.05) is 0 Å². The van der Waals surface area contributed by atoms with Crippen LogP contribution in [0.25, 0.3) is 0 Å². The Morgan fingerprint density at radius 2 is 1.58 bits per heavy atom. The number of carbonyl (C=O) groups is 2. The van der Waals surface area contributed by atoms with Gasteiger partial charge in [-0.05, 0) is 0 Å². The van der Waals surface area contributed by atoms with Crippen molar-refractivity contribution >= 4 is 50.0 Å². The predicted octanol–water partition coefficient (Wildman–Crippen LogP) is 3.68. The van der Waals surface area contributed by atoms with Gasteiger partial charge in [-0.1, -0.05) is 6.92 Å². The molecule has 0 spiro atoms. The molecule has 0 heterocycles. The van der Waals surface area contributed by atoms with Crippen LogP contribution >= 0.6 is 0 Å². The summed E-state index contributed by atoms with van der Waals surface area (Å²) in [6.45, 7) is 4.42. The molecule has 0 saturated carbocycles. The summed E-state index contributed by atoms with van der Waals surface area (Å²) in [5, 5.41) is 13.9. The number of aliphatic carboxylic acids is 2. The summed E-state index contributed by atoms with van der Waals surface area (Å²) in [6.07, 6.45) is 9.60. The molecule has 10 heteroatoms. The Bertz CT molecular complexity index is 764. The van der Waals surface area contributed by atoms with Crippen LogP contribution in [0.4, 0.5) is 0 Å². The quantitative estimate of drug-likeness (QED) is 0.214. The molecule has 0 aromatic heterocycles. The molecule has 0 aliphatic rings. The molecule has 1 rings (SSSR count). The minimum absolute atomic E-state index is 0.398. The van der Waals surface area contributed by atoms with E-state index in [1.165, 1.54) is 50.5 Å². The summed E-state index contributed by atoms with van der Waals surface area (Å²) in [7, 11) is -4.84. The molecule has 3 N–H and O–H groups in total. The Balaban J connectivity index is 0.000000649. The summed E-state index contributed by atoms with van der Waals surface area (Å²) in [4.78, 5) is 20.0. The van der Waals surface area contributed by atoms with Crippen molar-refractivity contribution in [1.29, 1.82) is 0 Å². The fourth-order valence-corrected chi connectivity index (χ4v) is 3.69. The Labute approximate surface area is 202 Å². The van der Waals surface area contributed by atoms with Gasteiger partial charge in [0.25, 0.3) is 10.1 Å². The van der Waals surface area contributed by atoms with Gasteiger partial charge in [0, 0.05) is 0 Å². The standard InChI is InChI=1S/C17H27O.C4H6O7S.Na/c1-3-5-6-7-8-9-10-13-16-14-11-12-15-17(16)18-4-2;5-3(6)1-2(4(7)8)12(9,10)11;/h4,11-12,14-15H,3,5-10,13H2,1-2H3;2H,1H2,(H,5,6)(H,7,8)(H,9,10,11);. The van der Waals surface area contributed by atoms with E-state index < -0.39 is 33.7 Å². The van der Waals surface area contributed by atoms with E-state index in [-0.39, 0.29) is 0 Å². The van der Waals surface area contributed by atoms with Crippen LogP contribution in [-0.2, 0) is 26.1 Å². The molecule has 0 saturated heterocycles. The molecule has 0 amide bonds. The van der Waals surface area contributed by atoms with Gasteiger partial charge in [-0.25, -0.2) is 0 Å². The zero-order chi connectivity index (χ0) is 23.9. The first-order valence-corrected chi connectivity index (χ1v) is 13.3. The zero-order valence-electron chi connectivity index (χ0n) is 18.6. The number of unbranched alkanes of at least 4 members (excludes halogenated alkanes) is 6. The van der Waals surface area contributed by atoms with Crippen LogP contribution < -0.4 is 4.74 Å². The Morgan fingerprint density at radius 1 is 1.03 bits per heavy atom. The van der Waals surface area contributed by atoms with Gasteiger partial charge >= 0.3 is 142 Å². The number of hydrogen-bond donors (Lipinski definition) is 3. The van der Waals surface area contributed by atoms with Gasteiger partial charge in [-0.2, -0.15) is 8.42 Å². The van der Waals surface area contributed by atoms with Crippen molar-refractivity contribution in [1.82, 2.24) is 0 Å². The third-order valence-corrected chi connectivity index (χ3v) is 5.70. The van der Waals surface area contributed by atoms with Crippen LogP contribution in [0, 0.1) is 0 Å². The number of aryl methyl sites for hydroxylation is 1. The van der Waals surface area contributed by atoms with E-state index in [4.69, 9.17) is 19.5 Å². The maximum Gasteiger partial charge on any atom is 0.325 e. The largest absolute Gasteiger partial charge is 0.481 e. The molecule has 1 aromatic carbocycles. The van der Waals surface area contributed by atoms with E-state index >= 15 is 0 Å². The SMILES string of the molecule is CCCCCCCCCc1ccccc1O[CH](C)[Na].O=C(O)CC(C(=O)O)S(=O)(=O)O. The molecule has 0 bridgehead atoms. The van der Waals surface area contributed by atoms with E-state index in [0.29, 0.717) is 3.35 Å². The van der Waals surface area contributed by atoms with Crippen LogP contribution in [-0.4, -0.2) is 71.7 Å². The topological polar surface area (TPSA) is 138 Å². The normalized spacial score (nSPS) is 12.9. The molecule has 31 heavy (non-hydrogen) atoms. The molecule has 2 unspecified atom stereocenters. The van der Waals surface area contributed by atoms with E-state index in [2.05, 4.69) is 38.1 Å². The van der Waals surface area contributed by atoms with Crippen molar-refractivity contribution < 1.29 is 37.5 Å². The molecule has 1 aromatic rings. The van der Waals surface area contributed by atoms with Gasteiger partial charge in [0.05, 0.1) is 6.42 Å². The Morgan fingerprint density at radius 3 is 2.03 bits per heavy atom. The maximum atomic E-state index is 10.2. The average molecular weight is 469 g/mol. The monoisotopic (exact) mass is 468 g/mol. The van der Waals surface area contributed by atoms with Gasteiger partial charge in [0.15, 0.2) is 5.25 Å². The van der Waals surface area contributed by atoms with Crippen LogP contribution in [0.1, 0.15) is 70.8 Å². The van der Waals surface area contributed by atoms with Gasteiger partial charge in [-0.3, -0.25) is 14.1 Å². The Kier molecular flexibility index (Phi) is 15.9. The van der Waals surface area contributed by atoms with E-state index in [0.717, 1.165) is 40.1 Å². The van der Waals surface area contributed by atoms with Crippen molar-refractivity contribution in [2.24, 2.45) is 0 Å². The zero-order valence-corrected chi connectivity index (χ0v) is 21.4. The molecule has 0 aliphatic heterocycles. The second kappa shape index (κ2) is 16.5. The summed E-state index contributed by atoms with van der Waals surface area (Å²) in [6, 6.07) is 8.54. The number of benzene rings is 1. The van der Waals surface area contributed by atoms with Crippen LogP contribution in [0.3, 0.4) is 0 Å². The van der Waals surface area contributed by atoms with Crippen molar-refractivity contribution in [2.45, 2.75) is 80.2 Å². The second-order valence-electron chi connectivity index (χ2n) is 7.59. The fourth-order valence-electron chi connectivity index (χ4n) is 2.83. The first-order valence-electron chi connectivity index (χ1n) is 10.6. The van der Waals surface area contributed by atoms with E-state index in [1.807, 2.05) is 0 Å². The third kappa shape index (κ3) is 15.3. The summed E-state index contributed by atoms with van der Waals surface area (Å²) >= 11 is 1.09. The number of hydrogen-bond acceptors (Lipinski definition) is 5. The molecule has 0 fully saturated rings. The molecule has 0 radical (unpaired) electrons. The van der Waals surface area contributed by atoms with Gasteiger partial charge < -0.3 is 10.2 Å². The first kappa shape index (κ1) is 29.9. The average Bonchev–Trinajstić information content (AvgIpc) is 2.65. The number of rotatable bonds is 14. The minimum Gasteiger partial charge on any atom is -0.481 e. The predicted molar refractivity (Wildman–Crippen MR) is 119 cm³/mol. The second-order valence-corrected chi connectivity index (χ2v) is 10.8.